The molecule has 0 atom stereocenters. The van der Waals surface area contributed by atoms with Crippen molar-refractivity contribution in [2.45, 2.75) is 44.4 Å². The van der Waals surface area contributed by atoms with Crippen LogP contribution in [0.1, 0.15) is 39.5 Å². The summed E-state index contributed by atoms with van der Waals surface area (Å²) >= 11 is 0. The highest BCUT2D eigenvalue weighted by atomic mass is 32.2. The molecule has 1 aliphatic heterocycles. The Bertz CT molecular complexity index is 528. The molecule has 1 aliphatic rings. The lowest BCUT2D eigenvalue weighted by atomic mass is 10.3. The minimum atomic E-state index is -3.35. The van der Waals surface area contributed by atoms with Crippen molar-refractivity contribution in [2.24, 2.45) is 0 Å². The first-order chi connectivity index (χ1) is 10.1. The molecule has 118 valence electrons. The molecule has 2 rings (SSSR count). The smallest absolute Gasteiger partial charge is 0.243 e. The topological polar surface area (TPSA) is 40.6 Å². The van der Waals surface area contributed by atoms with Gasteiger partial charge in [0.25, 0.3) is 0 Å². The van der Waals surface area contributed by atoms with Gasteiger partial charge in [-0.25, -0.2) is 8.42 Å². The molecule has 1 aromatic rings. The van der Waals surface area contributed by atoms with Crippen LogP contribution in [0.3, 0.4) is 0 Å². The highest BCUT2D eigenvalue weighted by molar-refractivity contribution is 7.89. The molecule has 0 amide bonds. The summed E-state index contributed by atoms with van der Waals surface area (Å²) in [5.41, 5.74) is 1.13. The minimum Gasteiger partial charge on any atom is -0.372 e. The van der Waals surface area contributed by atoms with Crippen molar-refractivity contribution in [3.8, 4) is 0 Å². The van der Waals surface area contributed by atoms with Crippen molar-refractivity contribution in [3.05, 3.63) is 24.3 Å². The highest BCUT2D eigenvalue weighted by Crippen LogP contribution is 2.23. The van der Waals surface area contributed by atoms with E-state index in [0.29, 0.717) is 18.0 Å². The summed E-state index contributed by atoms with van der Waals surface area (Å²) in [6.45, 7) is 7.34. The molecule has 1 aromatic carbocycles. The standard InChI is InChI=1S/C16H26N2O2S/c1-3-11-18(12-4-2)21(19,20)16-9-7-15(8-10-16)17-13-5-6-14-17/h7-10H,3-6,11-14H2,1-2H3. The van der Waals surface area contributed by atoms with Crippen LogP contribution in [-0.4, -0.2) is 38.9 Å². The molecule has 0 unspecified atom stereocenters. The van der Waals surface area contributed by atoms with Crippen molar-refractivity contribution in [3.63, 3.8) is 0 Å². The summed E-state index contributed by atoms with van der Waals surface area (Å²) in [6, 6.07) is 7.38. The van der Waals surface area contributed by atoms with Gasteiger partial charge >= 0.3 is 0 Å². The zero-order valence-electron chi connectivity index (χ0n) is 13.1. The maximum Gasteiger partial charge on any atom is 0.243 e. The van der Waals surface area contributed by atoms with E-state index in [1.54, 1.807) is 16.4 Å². The van der Waals surface area contributed by atoms with Gasteiger partial charge in [0.2, 0.25) is 10.0 Å². The maximum atomic E-state index is 12.7. The first-order valence-corrected chi connectivity index (χ1v) is 9.38. The number of benzene rings is 1. The van der Waals surface area contributed by atoms with E-state index in [2.05, 4.69) is 4.90 Å². The van der Waals surface area contributed by atoms with Crippen molar-refractivity contribution in [2.75, 3.05) is 31.1 Å². The van der Waals surface area contributed by atoms with Crippen LogP contribution in [0.5, 0.6) is 0 Å². The fourth-order valence-corrected chi connectivity index (χ4v) is 4.43. The van der Waals surface area contributed by atoms with Crippen LogP contribution in [0.4, 0.5) is 5.69 Å². The average Bonchev–Trinajstić information content (AvgIpc) is 3.01. The van der Waals surface area contributed by atoms with E-state index in [0.717, 1.165) is 31.6 Å². The Morgan fingerprint density at radius 1 is 1.00 bits per heavy atom. The van der Waals surface area contributed by atoms with E-state index >= 15 is 0 Å². The van der Waals surface area contributed by atoms with Gasteiger partial charge in [-0.2, -0.15) is 4.31 Å². The highest BCUT2D eigenvalue weighted by Gasteiger charge is 2.23. The van der Waals surface area contributed by atoms with Crippen molar-refractivity contribution >= 4 is 15.7 Å². The van der Waals surface area contributed by atoms with E-state index < -0.39 is 10.0 Å². The van der Waals surface area contributed by atoms with Gasteiger partial charge < -0.3 is 4.90 Å². The van der Waals surface area contributed by atoms with Crippen LogP contribution >= 0.6 is 0 Å². The molecule has 0 aromatic heterocycles. The van der Waals surface area contributed by atoms with E-state index in [9.17, 15) is 8.42 Å². The Kier molecular flexibility index (Phi) is 5.65. The molecular formula is C16H26N2O2S. The van der Waals surface area contributed by atoms with Crippen LogP contribution in [0.2, 0.25) is 0 Å². The monoisotopic (exact) mass is 310 g/mol. The Labute approximate surface area is 128 Å². The van der Waals surface area contributed by atoms with Crippen molar-refractivity contribution in [1.82, 2.24) is 4.31 Å². The van der Waals surface area contributed by atoms with E-state index in [-0.39, 0.29) is 0 Å². The summed E-state index contributed by atoms with van der Waals surface area (Å²) in [5.74, 6) is 0. The fraction of sp³-hybridized carbons (Fsp3) is 0.625. The van der Waals surface area contributed by atoms with E-state index in [4.69, 9.17) is 0 Å². The van der Waals surface area contributed by atoms with Crippen LogP contribution in [0.15, 0.2) is 29.2 Å². The molecular weight excluding hydrogens is 284 g/mol. The largest absolute Gasteiger partial charge is 0.372 e. The second-order valence-electron chi connectivity index (χ2n) is 5.59. The quantitative estimate of drug-likeness (QED) is 0.777. The predicted octanol–water partition coefficient (Wildman–Crippen LogP) is 3.10. The number of rotatable bonds is 7. The lowest BCUT2D eigenvalue weighted by molar-refractivity contribution is 0.410. The van der Waals surface area contributed by atoms with Crippen LogP contribution in [-0.2, 0) is 10.0 Å². The maximum absolute atomic E-state index is 12.7. The molecule has 0 saturated carbocycles. The van der Waals surface area contributed by atoms with Crippen molar-refractivity contribution < 1.29 is 8.42 Å². The van der Waals surface area contributed by atoms with Gasteiger partial charge in [0, 0.05) is 31.9 Å². The van der Waals surface area contributed by atoms with E-state index in [1.807, 2.05) is 26.0 Å². The minimum absolute atomic E-state index is 0.410. The SMILES string of the molecule is CCCN(CCC)S(=O)(=O)c1ccc(N2CCCC2)cc1. The molecule has 0 aliphatic carbocycles. The normalized spacial score (nSPS) is 15.9. The lowest BCUT2D eigenvalue weighted by Crippen LogP contribution is -2.32. The first-order valence-electron chi connectivity index (χ1n) is 7.94. The van der Waals surface area contributed by atoms with Gasteiger partial charge in [0.1, 0.15) is 0 Å². The Morgan fingerprint density at radius 2 is 1.52 bits per heavy atom. The molecule has 5 heteroatoms. The molecule has 0 bridgehead atoms. The number of sulfonamides is 1. The third-order valence-corrected chi connectivity index (χ3v) is 5.80. The number of anilines is 1. The zero-order chi connectivity index (χ0) is 15.3. The second kappa shape index (κ2) is 7.27. The summed E-state index contributed by atoms with van der Waals surface area (Å²) in [5, 5.41) is 0. The first kappa shape index (κ1) is 16.3. The summed E-state index contributed by atoms with van der Waals surface area (Å²) in [6.07, 6.45) is 4.12. The zero-order valence-corrected chi connectivity index (χ0v) is 13.9. The molecule has 0 N–H and O–H groups in total. The summed E-state index contributed by atoms with van der Waals surface area (Å²) in [4.78, 5) is 2.72. The Balaban J connectivity index is 2.18. The molecule has 1 saturated heterocycles. The van der Waals surface area contributed by atoms with Gasteiger partial charge in [-0.3, -0.25) is 0 Å². The molecule has 1 fully saturated rings. The van der Waals surface area contributed by atoms with Gasteiger partial charge in [-0.15, -0.1) is 0 Å². The van der Waals surface area contributed by atoms with Gasteiger partial charge in [0.05, 0.1) is 4.90 Å². The average molecular weight is 310 g/mol. The van der Waals surface area contributed by atoms with Crippen LogP contribution in [0.25, 0.3) is 0 Å². The van der Waals surface area contributed by atoms with Crippen molar-refractivity contribution in [1.29, 1.82) is 0 Å². The molecule has 1 heterocycles. The molecule has 4 nitrogen and oxygen atoms in total. The molecule has 21 heavy (non-hydrogen) atoms. The van der Waals surface area contributed by atoms with E-state index in [1.165, 1.54) is 12.8 Å². The third kappa shape index (κ3) is 3.77. The second-order valence-corrected chi connectivity index (χ2v) is 7.53. The summed E-state index contributed by atoms with van der Waals surface area (Å²) < 4.78 is 26.9. The third-order valence-electron chi connectivity index (χ3n) is 3.89. The number of hydrogen-bond donors (Lipinski definition) is 0. The van der Waals surface area contributed by atoms with Gasteiger partial charge in [-0.1, -0.05) is 13.8 Å². The number of nitrogens with zero attached hydrogens (tertiary/aromatic N) is 2. The van der Waals surface area contributed by atoms with Gasteiger partial charge in [-0.05, 0) is 49.9 Å². The molecule has 0 spiro atoms. The van der Waals surface area contributed by atoms with Gasteiger partial charge in [0.15, 0.2) is 0 Å². The summed E-state index contributed by atoms with van der Waals surface area (Å²) in [7, 11) is -3.35. The Hall–Kier alpha value is -1.07. The number of hydrogen-bond acceptors (Lipinski definition) is 3. The molecule has 0 radical (unpaired) electrons. The fourth-order valence-electron chi connectivity index (χ4n) is 2.80. The Morgan fingerprint density at radius 3 is 2.00 bits per heavy atom. The van der Waals surface area contributed by atoms with Crippen LogP contribution in [0, 0.1) is 0 Å². The predicted molar refractivity (Wildman–Crippen MR) is 87.2 cm³/mol. The van der Waals surface area contributed by atoms with Crippen LogP contribution < -0.4 is 4.90 Å². The lowest BCUT2D eigenvalue weighted by Gasteiger charge is -2.22.